The van der Waals surface area contributed by atoms with Gasteiger partial charge >= 0.3 is 0 Å². The summed E-state index contributed by atoms with van der Waals surface area (Å²) < 4.78 is 11.3. The Morgan fingerprint density at radius 1 is 1.00 bits per heavy atom. The second-order valence-corrected chi connectivity index (χ2v) is 7.96. The van der Waals surface area contributed by atoms with E-state index in [2.05, 4.69) is 41.7 Å². The van der Waals surface area contributed by atoms with Gasteiger partial charge < -0.3 is 14.8 Å². The lowest BCUT2D eigenvalue weighted by Gasteiger charge is -2.38. The van der Waals surface area contributed by atoms with Crippen molar-refractivity contribution in [2.24, 2.45) is 0 Å². The predicted molar refractivity (Wildman–Crippen MR) is 110 cm³/mol. The molecule has 0 unspecified atom stereocenters. The molecular formula is C24H29NO3. The molecule has 1 fully saturated rings. The van der Waals surface area contributed by atoms with Crippen molar-refractivity contribution >= 4 is 5.91 Å². The first kappa shape index (κ1) is 19.0. The van der Waals surface area contributed by atoms with E-state index in [1.807, 2.05) is 12.1 Å². The van der Waals surface area contributed by atoms with E-state index < -0.39 is 0 Å². The van der Waals surface area contributed by atoms with Crippen molar-refractivity contribution in [3.8, 4) is 5.75 Å². The topological polar surface area (TPSA) is 47.6 Å². The number of rotatable bonds is 6. The summed E-state index contributed by atoms with van der Waals surface area (Å²) in [6, 6.07) is 16.7. The van der Waals surface area contributed by atoms with Crippen LogP contribution < -0.4 is 10.1 Å². The highest BCUT2D eigenvalue weighted by molar-refractivity contribution is 5.77. The number of hydrogen-bond donors (Lipinski definition) is 1. The molecule has 0 saturated carbocycles. The van der Waals surface area contributed by atoms with E-state index in [1.54, 1.807) is 0 Å². The van der Waals surface area contributed by atoms with Crippen LogP contribution >= 0.6 is 0 Å². The number of fused-ring (bicyclic) bond motifs is 1. The standard InChI is InChI=1S/C24H29NO3/c26-23(17-28-22-11-10-19-6-4-5-7-20(19)16-22)25-18-24(12-14-27-15-13-24)21-8-2-1-3-9-21/h1-3,8-11,16H,4-7,12-15,17-18H2,(H,25,26). The van der Waals surface area contributed by atoms with E-state index >= 15 is 0 Å². The summed E-state index contributed by atoms with van der Waals surface area (Å²) in [5.41, 5.74) is 4.01. The molecule has 2 aromatic carbocycles. The van der Waals surface area contributed by atoms with Crippen molar-refractivity contribution in [3.63, 3.8) is 0 Å². The minimum Gasteiger partial charge on any atom is -0.484 e. The number of hydrogen-bond acceptors (Lipinski definition) is 3. The highest BCUT2D eigenvalue weighted by Crippen LogP contribution is 2.34. The maximum absolute atomic E-state index is 12.5. The first-order chi connectivity index (χ1) is 13.8. The Kier molecular flexibility index (Phi) is 5.96. The van der Waals surface area contributed by atoms with Gasteiger partial charge in [-0.25, -0.2) is 0 Å². The predicted octanol–water partition coefficient (Wildman–Crippen LogP) is 3.81. The van der Waals surface area contributed by atoms with Crippen LogP contribution in [-0.2, 0) is 27.8 Å². The number of ether oxygens (including phenoxy) is 2. The number of amides is 1. The fourth-order valence-corrected chi connectivity index (χ4v) is 4.39. The van der Waals surface area contributed by atoms with Gasteiger partial charge in [0.2, 0.25) is 0 Å². The normalized spacial score (nSPS) is 18.1. The van der Waals surface area contributed by atoms with Crippen molar-refractivity contribution in [1.82, 2.24) is 5.32 Å². The van der Waals surface area contributed by atoms with Crippen LogP contribution in [0.25, 0.3) is 0 Å². The average Bonchev–Trinajstić information content (AvgIpc) is 2.77. The van der Waals surface area contributed by atoms with Gasteiger partial charge in [0.05, 0.1) is 0 Å². The molecule has 2 aliphatic rings. The first-order valence-electron chi connectivity index (χ1n) is 10.4. The second-order valence-electron chi connectivity index (χ2n) is 7.96. The Morgan fingerprint density at radius 3 is 2.54 bits per heavy atom. The molecule has 4 rings (SSSR count). The highest BCUT2D eigenvalue weighted by atomic mass is 16.5. The van der Waals surface area contributed by atoms with Gasteiger partial charge in [0.25, 0.3) is 5.91 Å². The summed E-state index contributed by atoms with van der Waals surface area (Å²) in [6.07, 6.45) is 6.61. The summed E-state index contributed by atoms with van der Waals surface area (Å²) >= 11 is 0. The molecule has 0 radical (unpaired) electrons. The lowest BCUT2D eigenvalue weighted by molar-refractivity contribution is -0.123. The zero-order valence-corrected chi connectivity index (χ0v) is 16.4. The van der Waals surface area contributed by atoms with E-state index in [0.29, 0.717) is 6.54 Å². The van der Waals surface area contributed by atoms with Crippen molar-refractivity contribution < 1.29 is 14.3 Å². The molecule has 0 aromatic heterocycles. The number of benzene rings is 2. The average molecular weight is 380 g/mol. The number of carbonyl (C=O) groups excluding carboxylic acids is 1. The van der Waals surface area contributed by atoms with Crippen LogP contribution in [0.4, 0.5) is 0 Å². The molecule has 0 bridgehead atoms. The van der Waals surface area contributed by atoms with Gasteiger partial charge in [-0.2, -0.15) is 0 Å². The summed E-state index contributed by atoms with van der Waals surface area (Å²) in [7, 11) is 0. The zero-order chi connectivity index (χ0) is 19.2. The number of carbonyl (C=O) groups is 1. The molecule has 1 aliphatic heterocycles. The van der Waals surface area contributed by atoms with E-state index in [4.69, 9.17) is 9.47 Å². The molecular weight excluding hydrogens is 350 g/mol. The molecule has 1 amide bonds. The Hall–Kier alpha value is -2.33. The van der Waals surface area contributed by atoms with Crippen LogP contribution in [0.3, 0.4) is 0 Å². The van der Waals surface area contributed by atoms with Gasteiger partial charge in [-0.05, 0) is 67.3 Å². The maximum Gasteiger partial charge on any atom is 0.257 e. The Balaban J connectivity index is 1.34. The van der Waals surface area contributed by atoms with Crippen LogP contribution in [-0.4, -0.2) is 32.3 Å². The van der Waals surface area contributed by atoms with Gasteiger partial charge in [0.15, 0.2) is 6.61 Å². The van der Waals surface area contributed by atoms with E-state index in [-0.39, 0.29) is 17.9 Å². The Morgan fingerprint density at radius 2 is 1.75 bits per heavy atom. The van der Waals surface area contributed by atoms with E-state index in [1.165, 1.54) is 29.5 Å². The minimum atomic E-state index is -0.0699. The number of nitrogens with one attached hydrogen (secondary N) is 1. The van der Waals surface area contributed by atoms with Crippen LogP contribution in [0, 0.1) is 0 Å². The minimum absolute atomic E-state index is 0.0546. The smallest absolute Gasteiger partial charge is 0.257 e. The maximum atomic E-state index is 12.5. The third-order valence-corrected chi connectivity index (χ3v) is 6.15. The van der Waals surface area contributed by atoms with Crippen LogP contribution in [0.2, 0.25) is 0 Å². The summed E-state index contributed by atoms with van der Waals surface area (Å²) in [6.45, 7) is 2.14. The van der Waals surface area contributed by atoms with Gasteiger partial charge in [-0.15, -0.1) is 0 Å². The van der Waals surface area contributed by atoms with E-state index in [0.717, 1.165) is 44.6 Å². The Labute approximate surface area is 167 Å². The summed E-state index contributed by atoms with van der Waals surface area (Å²) in [4.78, 5) is 12.5. The molecule has 148 valence electrons. The largest absolute Gasteiger partial charge is 0.484 e. The molecule has 1 heterocycles. The molecule has 4 nitrogen and oxygen atoms in total. The molecule has 0 spiro atoms. The number of aryl methyl sites for hydroxylation is 2. The fraction of sp³-hybridized carbons (Fsp3) is 0.458. The van der Waals surface area contributed by atoms with Gasteiger partial charge in [-0.1, -0.05) is 36.4 Å². The van der Waals surface area contributed by atoms with Gasteiger partial charge in [0.1, 0.15) is 5.75 Å². The molecule has 2 aromatic rings. The SMILES string of the molecule is O=C(COc1ccc2c(c1)CCCC2)NCC1(c2ccccc2)CCOCC1. The summed E-state index contributed by atoms with van der Waals surface area (Å²) in [5.74, 6) is 0.721. The quantitative estimate of drug-likeness (QED) is 0.830. The molecule has 28 heavy (non-hydrogen) atoms. The van der Waals surface area contributed by atoms with Crippen LogP contribution in [0.15, 0.2) is 48.5 Å². The summed E-state index contributed by atoms with van der Waals surface area (Å²) in [5, 5.41) is 3.10. The molecule has 1 saturated heterocycles. The third kappa shape index (κ3) is 4.39. The monoisotopic (exact) mass is 379 g/mol. The lowest BCUT2D eigenvalue weighted by atomic mass is 9.74. The molecule has 4 heteroatoms. The van der Waals surface area contributed by atoms with Crippen LogP contribution in [0.1, 0.15) is 42.4 Å². The second kappa shape index (κ2) is 8.78. The highest BCUT2D eigenvalue weighted by Gasteiger charge is 2.34. The third-order valence-electron chi connectivity index (χ3n) is 6.15. The molecule has 0 atom stereocenters. The van der Waals surface area contributed by atoms with Crippen LogP contribution in [0.5, 0.6) is 5.75 Å². The van der Waals surface area contributed by atoms with Crippen molar-refractivity contribution in [1.29, 1.82) is 0 Å². The Bertz CT molecular complexity index is 797. The van der Waals surface area contributed by atoms with E-state index in [9.17, 15) is 4.79 Å². The van der Waals surface area contributed by atoms with Crippen molar-refractivity contribution in [2.75, 3.05) is 26.4 Å². The van der Waals surface area contributed by atoms with Crippen molar-refractivity contribution in [3.05, 3.63) is 65.2 Å². The fourth-order valence-electron chi connectivity index (χ4n) is 4.39. The molecule has 1 N–H and O–H groups in total. The van der Waals surface area contributed by atoms with Gasteiger partial charge in [0, 0.05) is 25.2 Å². The zero-order valence-electron chi connectivity index (χ0n) is 16.4. The van der Waals surface area contributed by atoms with Gasteiger partial charge in [-0.3, -0.25) is 4.79 Å². The van der Waals surface area contributed by atoms with Crippen molar-refractivity contribution in [2.45, 2.75) is 43.9 Å². The lowest BCUT2D eigenvalue weighted by Crippen LogP contribution is -2.45. The molecule has 1 aliphatic carbocycles. The first-order valence-corrected chi connectivity index (χ1v) is 10.4.